The molecule has 0 radical (unpaired) electrons. The lowest BCUT2D eigenvalue weighted by molar-refractivity contribution is 0.544. The van der Waals surface area contributed by atoms with Gasteiger partial charge in [-0.15, -0.1) is 0 Å². The van der Waals surface area contributed by atoms with Crippen LogP contribution >= 0.6 is 15.9 Å². The number of halogens is 1. The largest absolute Gasteiger partial charge is 0.362 e. The topological polar surface area (TPSA) is 28.2 Å². The molecule has 0 fully saturated rings. The molecular weight excluding hydrogens is 362 g/mol. The minimum atomic E-state index is 0.331. The molecule has 3 nitrogen and oxygen atoms in total. The van der Waals surface area contributed by atoms with E-state index in [1.54, 1.807) is 0 Å². The average Bonchev–Trinajstić information content (AvgIpc) is 3.14. The second kappa shape index (κ2) is 6.07. The first-order valence-corrected chi connectivity index (χ1v) is 9.75. The first-order chi connectivity index (χ1) is 11.6. The van der Waals surface area contributed by atoms with Crippen LogP contribution in [0.3, 0.4) is 0 Å². The van der Waals surface area contributed by atoms with E-state index >= 15 is 0 Å². The van der Waals surface area contributed by atoms with Crippen molar-refractivity contribution in [2.45, 2.75) is 58.7 Å². The fourth-order valence-corrected chi connectivity index (χ4v) is 4.58. The third kappa shape index (κ3) is 2.43. The quantitative estimate of drug-likeness (QED) is 0.769. The van der Waals surface area contributed by atoms with E-state index in [0.717, 1.165) is 25.1 Å². The number of benzene rings is 1. The van der Waals surface area contributed by atoms with Crippen LogP contribution in [0, 0.1) is 6.92 Å². The fourth-order valence-electron chi connectivity index (χ4n) is 4.17. The van der Waals surface area contributed by atoms with Gasteiger partial charge in [0.1, 0.15) is 6.17 Å². The lowest BCUT2D eigenvalue weighted by atomic mass is 10.1. The van der Waals surface area contributed by atoms with Gasteiger partial charge in [0.25, 0.3) is 0 Å². The van der Waals surface area contributed by atoms with Gasteiger partial charge in [0.2, 0.25) is 0 Å². The molecule has 2 aliphatic rings. The van der Waals surface area contributed by atoms with E-state index in [1.165, 1.54) is 39.0 Å². The van der Waals surface area contributed by atoms with Crippen molar-refractivity contribution in [1.82, 2.24) is 4.98 Å². The maximum atomic E-state index is 5.00. The SMILES string of the molecule is CCc1cc(C)c2c(n1)N([C@H]1CCc3cc(Br)ccc31)C(CC)N2. The van der Waals surface area contributed by atoms with E-state index < -0.39 is 0 Å². The van der Waals surface area contributed by atoms with Crippen molar-refractivity contribution in [3.63, 3.8) is 0 Å². The number of pyridine rings is 1. The van der Waals surface area contributed by atoms with Crippen molar-refractivity contribution in [2.75, 3.05) is 10.2 Å². The molecule has 2 atom stereocenters. The number of anilines is 2. The summed E-state index contributed by atoms with van der Waals surface area (Å²) in [6.07, 6.45) is 4.69. The predicted octanol–water partition coefficient (Wildman–Crippen LogP) is 5.37. The Labute approximate surface area is 152 Å². The van der Waals surface area contributed by atoms with Crippen molar-refractivity contribution in [3.8, 4) is 0 Å². The van der Waals surface area contributed by atoms with E-state index in [-0.39, 0.29) is 0 Å². The molecular formula is C20H24BrN3. The summed E-state index contributed by atoms with van der Waals surface area (Å²) in [6, 6.07) is 9.39. The molecule has 1 unspecified atom stereocenters. The van der Waals surface area contributed by atoms with Crippen LogP contribution in [0.4, 0.5) is 11.5 Å². The van der Waals surface area contributed by atoms with Gasteiger partial charge in [-0.1, -0.05) is 35.8 Å². The first kappa shape index (κ1) is 15.9. The summed E-state index contributed by atoms with van der Waals surface area (Å²) in [7, 11) is 0. The monoisotopic (exact) mass is 385 g/mol. The molecule has 0 bridgehead atoms. The Hall–Kier alpha value is -1.55. The van der Waals surface area contributed by atoms with Crippen molar-refractivity contribution in [1.29, 1.82) is 0 Å². The molecule has 2 aromatic rings. The zero-order valence-electron chi connectivity index (χ0n) is 14.6. The van der Waals surface area contributed by atoms with Crippen LogP contribution in [0.15, 0.2) is 28.7 Å². The summed E-state index contributed by atoms with van der Waals surface area (Å²) in [5.41, 5.74) is 6.66. The number of nitrogens with zero attached hydrogens (tertiary/aromatic N) is 2. The van der Waals surface area contributed by atoms with Crippen LogP contribution in [0.2, 0.25) is 0 Å². The summed E-state index contributed by atoms with van der Waals surface area (Å²) < 4.78 is 1.18. The Morgan fingerprint density at radius 3 is 2.88 bits per heavy atom. The summed E-state index contributed by atoms with van der Waals surface area (Å²) in [5, 5.41) is 3.73. The molecule has 0 amide bonds. The van der Waals surface area contributed by atoms with E-state index in [9.17, 15) is 0 Å². The van der Waals surface area contributed by atoms with Crippen LogP contribution in [-0.2, 0) is 12.8 Å². The molecule has 1 aromatic carbocycles. The van der Waals surface area contributed by atoms with Crippen molar-refractivity contribution in [3.05, 3.63) is 51.1 Å². The Morgan fingerprint density at radius 1 is 1.29 bits per heavy atom. The second-order valence-electron chi connectivity index (χ2n) is 6.86. The highest BCUT2D eigenvalue weighted by molar-refractivity contribution is 9.10. The second-order valence-corrected chi connectivity index (χ2v) is 7.77. The summed E-state index contributed by atoms with van der Waals surface area (Å²) >= 11 is 3.61. The maximum Gasteiger partial charge on any atom is 0.154 e. The van der Waals surface area contributed by atoms with Gasteiger partial charge in [-0.3, -0.25) is 0 Å². The van der Waals surface area contributed by atoms with Gasteiger partial charge in [0.05, 0.1) is 11.7 Å². The van der Waals surface area contributed by atoms with Gasteiger partial charge in [-0.05, 0) is 67.5 Å². The molecule has 0 saturated heterocycles. The normalized spacial score (nSPS) is 21.6. The average molecular weight is 386 g/mol. The van der Waals surface area contributed by atoms with Gasteiger partial charge in [-0.25, -0.2) is 4.98 Å². The van der Waals surface area contributed by atoms with Gasteiger partial charge < -0.3 is 10.2 Å². The molecule has 0 saturated carbocycles. The van der Waals surface area contributed by atoms with E-state index in [1.807, 2.05) is 0 Å². The highest BCUT2D eigenvalue weighted by Crippen LogP contribution is 2.46. The van der Waals surface area contributed by atoms with Gasteiger partial charge in [0.15, 0.2) is 5.82 Å². The molecule has 1 N–H and O–H groups in total. The molecule has 1 aliphatic carbocycles. The summed E-state index contributed by atoms with van der Waals surface area (Å²) in [5.74, 6) is 1.15. The molecule has 126 valence electrons. The number of hydrogen-bond donors (Lipinski definition) is 1. The minimum absolute atomic E-state index is 0.331. The van der Waals surface area contributed by atoms with E-state index in [0.29, 0.717) is 12.2 Å². The minimum Gasteiger partial charge on any atom is -0.362 e. The predicted molar refractivity (Wildman–Crippen MR) is 104 cm³/mol. The number of hydrogen-bond acceptors (Lipinski definition) is 3. The lowest BCUT2D eigenvalue weighted by Crippen LogP contribution is -2.37. The molecule has 2 heterocycles. The molecule has 0 spiro atoms. The van der Waals surface area contributed by atoms with Crippen LogP contribution < -0.4 is 10.2 Å². The van der Waals surface area contributed by atoms with Crippen LogP contribution in [0.1, 0.15) is 55.1 Å². The molecule has 1 aromatic heterocycles. The fraction of sp³-hybridized carbons (Fsp3) is 0.450. The van der Waals surface area contributed by atoms with Crippen molar-refractivity contribution >= 4 is 27.4 Å². The lowest BCUT2D eigenvalue weighted by Gasteiger charge is -2.32. The van der Waals surface area contributed by atoms with Crippen LogP contribution in [-0.4, -0.2) is 11.1 Å². The Bertz CT molecular complexity index is 787. The van der Waals surface area contributed by atoms with E-state index in [4.69, 9.17) is 4.98 Å². The zero-order chi connectivity index (χ0) is 16.8. The van der Waals surface area contributed by atoms with Gasteiger partial charge in [0, 0.05) is 10.2 Å². The highest BCUT2D eigenvalue weighted by atomic mass is 79.9. The third-order valence-electron chi connectivity index (χ3n) is 5.38. The van der Waals surface area contributed by atoms with Gasteiger partial charge >= 0.3 is 0 Å². The van der Waals surface area contributed by atoms with Crippen LogP contribution in [0.25, 0.3) is 0 Å². The number of aromatic nitrogens is 1. The molecule has 4 rings (SSSR count). The number of rotatable bonds is 3. The standard InChI is InChI=1S/C20H24BrN3/c1-4-15-10-12(3)19-20(22-15)24(18(5-2)23-19)17-9-6-13-11-14(21)7-8-16(13)17/h7-8,10-11,17-18,23H,4-6,9H2,1-3H3/t17-,18?/m0/s1. The number of fused-ring (bicyclic) bond motifs is 2. The first-order valence-electron chi connectivity index (χ1n) is 8.96. The van der Waals surface area contributed by atoms with Gasteiger partial charge in [-0.2, -0.15) is 0 Å². The molecule has 1 aliphatic heterocycles. The summed E-state index contributed by atoms with van der Waals surface area (Å²) in [6.45, 7) is 6.63. The Balaban J connectivity index is 1.81. The maximum absolute atomic E-state index is 5.00. The molecule has 24 heavy (non-hydrogen) atoms. The Kier molecular flexibility index (Phi) is 4.03. The zero-order valence-corrected chi connectivity index (χ0v) is 16.2. The van der Waals surface area contributed by atoms with E-state index in [2.05, 4.69) is 71.2 Å². The molecule has 4 heteroatoms. The highest BCUT2D eigenvalue weighted by Gasteiger charge is 2.38. The Morgan fingerprint density at radius 2 is 2.12 bits per heavy atom. The van der Waals surface area contributed by atoms with Crippen molar-refractivity contribution in [2.24, 2.45) is 0 Å². The third-order valence-corrected chi connectivity index (χ3v) is 5.87. The number of nitrogens with one attached hydrogen (secondary N) is 1. The summed E-state index contributed by atoms with van der Waals surface area (Å²) in [4.78, 5) is 7.54. The van der Waals surface area contributed by atoms with Crippen LogP contribution in [0.5, 0.6) is 0 Å². The number of aryl methyl sites for hydroxylation is 3. The smallest absolute Gasteiger partial charge is 0.154 e. The van der Waals surface area contributed by atoms with Crippen molar-refractivity contribution < 1.29 is 0 Å².